The predicted octanol–water partition coefficient (Wildman–Crippen LogP) is 12.1. The zero-order valence-corrected chi connectivity index (χ0v) is 26.0. The highest BCUT2D eigenvalue weighted by Gasteiger charge is 2.35. The number of fused-ring (bicyclic) bond motifs is 6. The van der Waals surface area contributed by atoms with Gasteiger partial charge in [0, 0.05) is 21.9 Å². The standard InChI is InChI=1S/C45H33N/c1-45(2)41-19-11-9-17-36(41)37-25-23-33(28-42(37)45)35-24-21-31(27-40(35)30-13-5-3-6-14-30)32-22-26-39-38-18-10-12-20-43(38)46(44(39)29-32)34-15-7-4-8-16-34/h3-29H,1-2H3. The van der Waals surface area contributed by atoms with Crippen molar-refractivity contribution in [3.63, 3.8) is 0 Å². The van der Waals surface area contributed by atoms with Gasteiger partial charge < -0.3 is 4.57 Å². The molecular weight excluding hydrogens is 555 g/mol. The molecule has 0 unspecified atom stereocenters. The van der Waals surface area contributed by atoms with Gasteiger partial charge in [-0.1, -0.05) is 141 Å². The van der Waals surface area contributed by atoms with Gasteiger partial charge in [0.1, 0.15) is 0 Å². The summed E-state index contributed by atoms with van der Waals surface area (Å²) in [5.41, 5.74) is 16.5. The number of aromatic nitrogens is 1. The van der Waals surface area contributed by atoms with Gasteiger partial charge in [-0.25, -0.2) is 0 Å². The van der Waals surface area contributed by atoms with E-state index >= 15 is 0 Å². The lowest BCUT2D eigenvalue weighted by Crippen LogP contribution is -2.14. The Labute approximate surface area is 270 Å². The van der Waals surface area contributed by atoms with E-state index in [4.69, 9.17) is 0 Å². The molecule has 46 heavy (non-hydrogen) atoms. The van der Waals surface area contributed by atoms with E-state index in [-0.39, 0.29) is 5.41 Å². The maximum Gasteiger partial charge on any atom is 0.0547 e. The molecule has 1 heteroatoms. The van der Waals surface area contributed by atoms with Gasteiger partial charge in [0.15, 0.2) is 0 Å². The van der Waals surface area contributed by atoms with Crippen LogP contribution in [0.2, 0.25) is 0 Å². The van der Waals surface area contributed by atoms with Gasteiger partial charge in [0.2, 0.25) is 0 Å². The average molecular weight is 588 g/mol. The number of benzene rings is 7. The van der Waals surface area contributed by atoms with Crippen LogP contribution in [-0.2, 0) is 5.41 Å². The summed E-state index contributed by atoms with van der Waals surface area (Å²) in [7, 11) is 0. The molecule has 1 nitrogen and oxygen atoms in total. The third-order valence-corrected chi connectivity index (χ3v) is 10.0. The largest absolute Gasteiger partial charge is 0.309 e. The Bertz CT molecular complexity index is 2430. The van der Waals surface area contributed by atoms with Crippen LogP contribution >= 0.6 is 0 Å². The maximum atomic E-state index is 2.43. The van der Waals surface area contributed by atoms with Crippen LogP contribution < -0.4 is 0 Å². The Kier molecular flexibility index (Phi) is 5.92. The van der Waals surface area contributed by atoms with Crippen molar-refractivity contribution in [1.82, 2.24) is 4.57 Å². The molecule has 1 aliphatic carbocycles. The second-order valence-corrected chi connectivity index (χ2v) is 13.0. The molecule has 0 amide bonds. The van der Waals surface area contributed by atoms with Gasteiger partial charge in [-0.05, 0) is 92.0 Å². The first-order chi connectivity index (χ1) is 22.6. The molecule has 0 saturated heterocycles. The van der Waals surface area contributed by atoms with E-state index in [9.17, 15) is 0 Å². The van der Waals surface area contributed by atoms with Crippen molar-refractivity contribution >= 4 is 21.8 Å². The molecule has 0 saturated carbocycles. The molecular formula is C45H33N. The summed E-state index contributed by atoms with van der Waals surface area (Å²) in [5.74, 6) is 0. The van der Waals surface area contributed by atoms with Crippen LogP contribution in [0, 0.1) is 0 Å². The molecule has 0 spiro atoms. The van der Waals surface area contributed by atoms with Gasteiger partial charge in [0.25, 0.3) is 0 Å². The van der Waals surface area contributed by atoms with Crippen molar-refractivity contribution in [2.45, 2.75) is 19.3 Å². The SMILES string of the molecule is CC1(C)c2ccccc2-c2ccc(-c3ccc(-c4ccc5c6ccccc6n(-c6ccccc6)c5c4)cc3-c3ccccc3)cc21. The number of para-hydroxylation sites is 2. The van der Waals surface area contributed by atoms with Crippen molar-refractivity contribution in [2.24, 2.45) is 0 Å². The molecule has 1 aromatic heterocycles. The summed E-state index contributed by atoms with van der Waals surface area (Å²) in [6.07, 6.45) is 0. The lowest BCUT2D eigenvalue weighted by Gasteiger charge is -2.22. The molecule has 0 atom stereocenters. The summed E-state index contributed by atoms with van der Waals surface area (Å²) in [6.45, 7) is 4.71. The normalized spacial score (nSPS) is 13.2. The van der Waals surface area contributed by atoms with Crippen molar-refractivity contribution in [3.05, 3.63) is 175 Å². The fourth-order valence-corrected chi connectivity index (χ4v) is 7.71. The van der Waals surface area contributed by atoms with E-state index in [1.54, 1.807) is 0 Å². The van der Waals surface area contributed by atoms with Crippen LogP contribution in [-0.4, -0.2) is 4.57 Å². The average Bonchev–Trinajstić information content (AvgIpc) is 3.57. The summed E-state index contributed by atoms with van der Waals surface area (Å²) >= 11 is 0. The predicted molar refractivity (Wildman–Crippen MR) is 195 cm³/mol. The summed E-state index contributed by atoms with van der Waals surface area (Å²) < 4.78 is 2.39. The van der Waals surface area contributed by atoms with Gasteiger partial charge >= 0.3 is 0 Å². The molecule has 0 N–H and O–H groups in total. The van der Waals surface area contributed by atoms with Crippen LogP contribution in [0.5, 0.6) is 0 Å². The minimum absolute atomic E-state index is 0.0403. The van der Waals surface area contributed by atoms with E-state index < -0.39 is 0 Å². The molecule has 1 heterocycles. The highest BCUT2D eigenvalue weighted by molar-refractivity contribution is 6.10. The molecule has 8 aromatic rings. The van der Waals surface area contributed by atoms with Crippen molar-refractivity contribution in [2.75, 3.05) is 0 Å². The van der Waals surface area contributed by atoms with Crippen LogP contribution in [0.1, 0.15) is 25.0 Å². The Balaban J connectivity index is 1.22. The number of nitrogens with zero attached hydrogens (tertiary/aromatic N) is 1. The molecule has 9 rings (SSSR count). The Morgan fingerprint density at radius 3 is 1.83 bits per heavy atom. The van der Waals surface area contributed by atoms with Crippen molar-refractivity contribution in [3.8, 4) is 50.2 Å². The monoisotopic (exact) mass is 587 g/mol. The van der Waals surface area contributed by atoms with Gasteiger partial charge in [-0.2, -0.15) is 0 Å². The zero-order valence-electron chi connectivity index (χ0n) is 26.0. The topological polar surface area (TPSA) is 4.93 Å². The Hall–Kier alpha value is -5.66. The van der Waals surface area contributed by atoms with E-state index in [0.29, 0.717) is 0 Å². The molecule has 218 valence electrons. The minimum Gasteiger partial charge on any atom is -0.309 e. The van der Waals surface area contributed by atoms with E-state index in [1.165, 1.54) is 83.1 Å². The van der Waals surface area contributed by atoms with Gasteiger partial charge in [-0.15, -0.1) is 0 Å². The lowest BCUT2D eigenvalue weighted by atomic mass is 9.81. The second kappa shape index (κ2) is 10.2. The quantitative estimate of drug-likeness (QED) is 0.193. The van der Waals surface area contributed by atoms with E-state index in [1.807, 2.05) is 0 Å². The minimum atomic E-state index is -0.0403. The maximum absolute atomic E-state index is 2.43. The Morgan fingerprint density at radius 1 is 0.370 bits per heavy atom. The van der Waals surface area contributed by atoms with E-state index in [2.05, 4.69) is 182 Å². The molecule has 0 aliphatic heterocycles. The summed E-state index contributed by atoms with van der Waals surface area (Å²) in [5, 5.41) is 2.54. The number of hydrogen-bond acceptors (Lipinski definition) is 0. The molecule has 1 aliphatic rings. The van der Waals surface area contributed by atoms with E-state index in [0.717, 1.165) is 0 Å². The Morgan fingerprint density at radius 2 is 0.978 bits per heavy atom. The fraction of sp³-hybridized carbons (Fsp3) is 0.0667. The third-order valence-electron chi connectivity index (χ3n) is 10.0. The summed E-state index contributed by atoms with van der Waals surface area (Å²) in [6, 6.07) is 60.1. The third kappa shape index (κ3) is 4.02. The van der Waals surface area contributed by atoms with Crippen LogP contribution in [0.4, 0.5) is 0 Å². The van der Waals surface area contributed by atoms with Crippen molar-refractivity contribution < 1.29 is 0 Å². The molecule has 7 aromatic carbocycles. The zero-order chi connectivity index (χ0) is 30.8. The number of hydrogen-bond donors (Lipinski definition) is 0. The highest BCUT2D eigenvalue weighted by Crippen LogP contribution is 2.50. The first kappa shape index (κ1) is 26.7. The first-order valence-electron chi connectivity index (χ1n) is 16.1. The summed E-state index contributed by atoms with van der Waals surface area (Å²) in [4.78, 5) is 0. The number of rotatable bonds is 4. The lowest BCUT2D eigenvalue weighted by molar-refractivity contribution is 0.660. The molecule has 0 fully saturated rings. The molecule has 0 radical (unpaired) electrons. The highest BCUT2D eigenvalue weighted by atomic mass is 15.0. The first-order valence-corrected chi connectivity index (χ1v) is 16.1. The van der Waals surface area contributed by atoms with Crippen LogP contribution in [0.15, 0.2) is 164 Å². The molecule has 0 bridgehead atoms. The fourth-order valence-electron chi connectivity index (χ4n) is 7.71. The van der Waals surface area contributed by atoms with Gasteiger partial charge in [-0.3, -0.25) is 0 Å². The van der Waals surface area contributed by atoms with Gasteiger partial charge in [0.05, 0.1) is 11.0 Å². The van der Waals surface area contributed by atoms with Crippen molar-refractivity contribution in [1.29, 1.82) is 0 Å². The van der Waals surface area contributed by atoms with Crippen LogP contribution in [0.3, 0.4) is 0 Å². The second-order valence-electron chi connectivity index (χ2n) is 13.0. The van der Waals surface area contributed by atoms with Crippen LogP contribution in [0.25, 0.3) is 72.0 Å². The smallest absolute Gasteiger partial charge is 0.0547 e.